The maximum Gasteiger partial charge on any atom is 0.335 e. The molecule has 0 aliphatic carbocycles. The average molecular weight is 408 g/mol. The predicted octanol–water partition coefficient (Wildman–Crippen LogP) is -2.03. The standard InChI is InChI=1S/C13H10N2O4.C4H6O6/c16-10-6-5-9(11(17)14-10)15-12(18)7-3-1-2-4-8(7)13(15)19;5-1(3(7)8)2(6)4(9)10/h1-4,9H,5-6H2,(H,14,16,17);1-2,5-6H,(H,7,8)(H,9,10)/t;1-,2-/m.1/s1. The molecule has 0 radical (unpaired) electrons. The van der Waals surface area contributed by atoms with E-state index in [-0.39, 0.29) is 18.7 Å². The molecule has 154 valence electrons. The number of nitrogens with zero attached hydrogens (tertiary/aromatic N) is 1. The molecule has 0 saturated carbocycles. The van der Waals surface area contributed by atoms with E-state index in [9.17, 15) is 28.8 Å². The predicted molar refractivity (Wildman–Crippen MR) is 90.4 cm³/mol. The molecule has 12 nitrogen and oxygen atoms in total. The highest BCUT2D eigenvalue weighted by atomic mass is 16.4. The number of benzene rings is 1. The van der Waals surface area contributed by atoms with Gasteiger partial charge in [0.05, 0.1) is 11.1 Å². The lowest BCUT2D eigenvalue weighted by Crippen LogP contribution is -2.54. The van der Waals surface area contributed by atoms with Gasteiger partial charge in [0.1, 0.15) is 6.04 Å². The molecule has 1 fully saturated rings. The highest BCUT2D eigenvalue weighted by Crippen LogP contribution is 2.26. The van der Waals surface area contributed by atoms with Gasteiger partial charge in [-0.3, -0.25) is 29.4 Å². The number of rotatable bonds is 4. The van der Waals surface area contributed by atoms with E-state index in [0.717, 1.165) is 4.90 Å². The Labute approximate surface area is 162 Å². The molecular formula is C17H16N2O10. The number of piperidine rings is 1. The third-order valence-electron chi connectivity index (χ3n) is 4.15. The van der Waals surface area contributed by atoms with Crippen molar-refractivity contribution in [3.05, 3.63) is 35.4 Å². The first-order chi connectivity index (χ1) is 13.6. The van der Waals surface area contributed by atoms with Crippen LogP contribution in [0.1, 0.15) is 33.6 Å². The van der Waals surface area contributed by atoms with Gasteiger partial charge < -0.3 is 20.4 Å². The van der Waals surface area contributed by atoms with Gasteiger partial charge >= 0.3 is 11.9 Å². The van der Waals surface area contributed by atoms with E-state index in [1.54, 1.807) is 24.3 Å². The van der Waals surface area contributed by atoms with Gasteiger partial charge in [-0.25, -0.2) is 9.59 Å². The average Bonchev–Trinajstić information content (AvgIpc) is 2.92. The number of fused-ring (bicyclic) bond motifs is 1. The quantitative estimate of drug-likeness (QED) is 0.346. The summed E-state index contributed by atoms with van der Waals surface area (Å²) in [4.78, 5) is 67.7. The van der Waals surface area contributed by atoms with Crippen molar-refractivity contribution in [2.75, 3.05) is 0 Å². The Morgan fingerprint density at radius 1 is 0.931 bits per heavy atom. The molecule has 2 aliphatic rings. The van der Waals surface area contributed by atoms with Gasteiger partial charge in [0.15, 0.2) is 12.2 Å². The van der Waals surface area contributed by atoms with Crippen molar-refractivity contribution in [2.24, 2.45) is 0 Å². The number of carboxylic acid groups (broad SMARTS) is 2. The van der Waals surface area contributed by atoms with Crippen LogP contribution in [-0.4, -0.2) is 79.1 Å². The van der Waals surface area contributed by atoms with Crippen LogP contribution in [0.4, 0.5) is 0 Å². The van der Waals surface area contributed by atoms with Gasteiger partial charge in [-0.1, -0.05) is 12.1 Å². The number of hydrogen-bond donors (Lipinski definition) is 5. The van der Waals surface area contributed by atoms with Crippen LogP contribution >= 0.6 is 0 Å². The van der Waals surface area contributed by atoms with Crippen molar-refractivity contribution in [3.63, 3.8) is 0 Å². The minimum atomic E-state index is -2.27. The number of carboxylic acids is 2. The number of carbonyl (C=O) groups excluding carboxylic acids is 4. The van der Waals surface area contributed by atoms with Crippen molar-refractivity contribution >= 4 is 35.6 Å². The monoisotopic (exact) mass is 408 g/mol. The second-order valence-electron chi connectivity index (χ2n) is 6.06. The minimum absolute atomic E-state index is 0.129. The van der Waals surface area contributed by atoms with E-state index in [1.807, 2.05) is 0 Å². The highest BCUT2D eigenvalue weighted by Gasteiger charge is 2.44. The summed E-state index contributed by atoms with van der Waals surface area (Å²) >= 11 is 0. The van der Waals surface area contributed by atoms with Crippen LogP contribution in [-0.2, 0) is 19.2 Å². The van der Waals surface area contributed by atoms with E-state index < -0.39 is 47.9 Å². The lowest BCUT2D eigenvalue weighted by atomic mass is 10.0. The normalized spacial score (nSPS) is 20.2. The van der Waals surface area contributed by atoms with Gasteiger partial charge in [-0.2, -0.15) is 0 Å². The summed E-state index contributed by atoms with van der Waals surface area (Å²) in [6, 6.07) is 5.55. The number of carbonyl (C=O) groups is 6. The van der Waals surface area contributed by atoms with Crippen LogP contribution in [0.15, 0.2) is 24.3 Å². The number of aliphatic hydroxyl groups excluding tert-OH is 2. The maximum absolute atomic E-state index is 12.2. The molecule has 0 aromatic heterocycles. The fraction of sp³-hybridized carbons (Fsp3) is 0.294. The third kappa shape index (κ3) is 4.44. The zero-order valence-corrected chi connectivity index (χ0v) is 14.6. The Balaban J connectivity index is 0.000000257. The van der Waals surface area contributed by atoms with Gasteiger partial charge in [0, 0.05) is 6.42 Å². The molecule has 3 rings (SSSR count). The topological polar surface area (TPSA) is 199 Å². The Kier molecular flexibility index (Phi) is 6.41. The molecule has 12 heteroatoms. The number of amides is 4. The van der Waals surface area contributed by atoms with Crippen molar-refractivity contribution in [2.45, 2.75) is 31.1 Å². The molecule has 29 heavy (non-hydrogen) atoms. The van der Waals surface area contributed by atoms with E-state index in [2.05, 4.69) is 5.32 Å². The molecule has 2 aliphatic heterocycles. The van der Waals surface area contributed by atoms with Gasteiger partial charge in [0.25, 0.3) is 11.8 Å². The maximum atomic E-state index is 12.2. The smallest absolute Gasteiger partial charge is 0.335 e. The first-order valence-electron chi connectivity index (χ1n) is 8.18. The van der Waals surface area contributed by atoms with E-state index in [0.29, 0.717) is 11.1 Å². The fourth-order valence-corrected chi connectivity index (χ4v) is 2.69. The molecule has 1 saturated heterocycles. The van der Waals surface area contributed by atoms with Crippen LogP contribution < -0.4 is 5.32 Å². The van der Waals surface area contributed by atoms with Gasteiger partial charge in [-0.15, -0.1) is 0 Å². The van der Waals surface area contributed by atoms with Gasteiger partial charge in [0.2, 0.25) is 11.8 Å². The molecule has 0 bridgehead atoms. The Hall–Kier alpha value is -3.64. The number of aliphatic carboxylic acids is 2. The summed E-state index contributed by atoms with van der Waals surface area (Å²) in [7, 11) is 0. The molecule has 4 amide bonds. The molecule has 1 aromatic carbocycles. The summed E-state index contributed by atoms with van der Waals surface area (Å²) in [5.41, 5.74) is 0.606. The Morgan fingerprint density at radius 2 is 1.38 bits per heavy atom. The van der Waals surface area contributed by atoms with Crippen LogP contribution in [0.3, 0.4) is 0 Å². The molecule has 1 aromatic rings. The van der Waals surface area contributed by atoms with Crippen LogP contribution in [0.5, 0.6) is 0 Å². The third-order valence-corrected chi connectivity index (χ3v) is 4.15. The summed E-state index contributed by atoms with van der Waals surface area (Å²) in [5.74, 6) is -5.46. The van der Waals surface area contributed by atoms with E-state index in [1.165, 1.54) is 0 Å². The number of aliphatic hydroxyl groups is 2. The van der Waals surface area contributed by atoms with Crippen LogP contribution in [0.25, 0.3) is 0 Å². The second kappa shape index (κ2) is 8.58. The summed E-state index contributed by atoms with van der Waals surface area (Å²) in [6.45, 7) is 0. The number of nitrogens with one attached hydrogen (secondary N) is 1. The van der Waals surface area contributed by atoms with Crippen LogP contribution in [0.2, 0.25) is 0 Å². The Bertz CT molecular complexity index is 843. The second-order valence-corrected chi connectivity index (χ2v) is 6.06. The lowest BCUT2D eigenvalue weighted by Gasteiger charge is -2.27. The molecule has 3 atom stereocenters. The van der Waals surface area contributed by atoms with E-state index in [4.69, 9.17) is 20.4 Å². The lowest BCUT2D eigenvalue weighted by molar-refractivity contribution is -0.165. The zero-order valence-electron chi connectivity index (χ0n) is 14.6. The summed E-state index contributed by atoms with van der Waals surface area (Å²) < 4.78 is 0. The number of hydrogen-bond acceptors (Lipinski definition) is 8. The van der Waals surface area contributed by atoms with Crippen molar-refractivity contribution in [1.29, 1.82) is 0 Å². The van der Waals surface area contributed by atoms with Gasteiger partial charge in [-0.05, 0) is 18.6 Å². The molecule has 2 heterocycles. The molecule has 1 unspecified atom stereocenters. The Morgan fingerprint density at radius 3 is 1.76 bits per heavy atom. The molecule has 5 N–H and O–H groups in total. The first-order valence-corrected chi connectivity index (χ1v) is 8.18. The molecular weight excluding hydrogens is 392 g/mol. The molecule has 0 spiro atoms. The van der Waals surface area contributed by atoms with Crippen LogP contribution in [0, 0.1) is 0 Å². The SMILES string of the molecule is O=C(O)[C@H](O)[C@@H](O)C(=O)O.O=C1CCC(N2C(=O)c3ccccc3C2=O)C(=O)N1. The largest absolute Gasteiger partial charge is 0.479 e. The zero-order chi connectivity index (χ0) is 21.9. The fourth-order valence-electron chi connectivity index (χ4n) is 2.69. The highest BCUT2D eigenvalue weighted by molar-refractivity contribution is 6.23. The van der Waals surface area contributed by atoms with Crippen molar-refractivity contribution in [3.8, 4) is 0 Å². The summed E-state index contributed by atoms with van der Waals surface area (Å²) in [6.07, 6.45) is -4.23. The van der Waals surface area contributed by atoms with E-state index >= 15 is 0 Å². The minimum Gasteiger partial charge on any atom is -0.479 e. The number of imide groups is 2. The summed E-state index contributed by atoms with van der Waals surface area (Å²) in [5, 5.41) is 34.7. The van der Waals surface area contributed by atoms with Crippen molar-refractivity contribution < 1.29 is 49.2 Å². The van der Waals surface area contributed by atoms with Crippen molar-refractivity contribution in [1.82, 2.24) is 10.2 Å². The first kappa shape index (κ1) is 21.7.